The molecule has 0 N–H and O–H groups in total. The van der Waals surface area contributed by atoms with Gasteiger partial charge in [0.05, 0.1) is 5.56 Å². The highest BCUT2D eigenvalue weighted by Crippen LogP contribution is 2.45. The maximum absolute atomic E-state index is 14.6. The molecular weight excluding hydrogens is 459 g/mol. The zero-order valence-electron chi connectivity index (χ0n) is 20.3. The Kier molecular flexibility index (Phi) is 8.38. The van der Waals surface area contributed by atoms with E-state index in [-0.39, 0.29) is 0 Å². The van der Waals surface area contributed by atoms with Crippen LogP contribution in [0.1, 0.15) is 94.6 Å². The topological polar surface area (TPSA) is 9.23 Å². The molecule has 2 aromatic rings. The molecule has 2 fully saturated rings. The van der Waals surface area contributed by atoms with Crippen molar-refractivity contribution in [1.82, 2.24) is 0 Å². The van der Waals surface area contributed by atoms with Crippen molar-refractivity contribution in [2.75, 3.05) is 0 Å². The van der Waals surface area contributed by atoms with Crippen molar-refractivity contribution in [3.63, 3.8) is 0 Å². The van der Waals surface area contributed by atoms with E-state index in [0.29, 0.717) is 18.1 Å². The third-order valence-electron chi connectivity index (χ3n) is 8.22. The largest absolute Gasteiger partial charge is 0.429 e. The highest BCUT2D eigenvalue weighted by Gasteiger charge is 2.36. The molecule has 6 heteroatoms. The first kappa shape index (κ1) is 26.0. The van der Waals surface area contributed by atoms with Gasteiger partial charge >= 0.3 is 6.11 Å². The van der Waals surface area contributed by atoms with Gasteiger partial charge in [0.2, 0.25) is 0 Å². The first-order valence-corrected chi connectivity index (χ1v) is 13.1. The Morgan fingerprint density at radius 3 is 1.89 bits per heavy atom. The lowest BCUT2D eigenvalue weighted by molar-refractivity contribution is -0.185. The average Bonchev–Trinajstić information content (AvgIpc) is 2.86. The van der Waals surface area contributed by atoms with Crippen LogP contribution in [0.15, 0.2) is 36.4 Å². The molecule has 0 aromatic heterocycles. The van der Waals surface area contributed by atoms with Crippen LogP contribution in [0.5, 0.6) is 5.75 Å². The first-order valence-electron chi connectivity index (χ1n) is 13.1. The maximum Gasteiger partial charge on any atom is 0.426 e. The second-order valence-electron chi connectivity index (χ2n) is 10.5. The van der Waals surface area contributed by atoms with Crippen LogP contribution < -0.4 is 4.74 Å². The number of rotatable bonds is 8. The molecule has 2 aliphatic rings. The fraction of sp³-hybridized carbons (Fsp3) is 0.586. The number of benzene rings is 2. The van der Waals surface area contributed by atoms with E-state index in [1.54, 1.807) is 12.1 Å². The summed E-state index contributed by atoms with van der Waals surface area (Å²) in [6.45, 7) is 2.26. The van der Waals surface area contributed by atoms with Gasteiger partial charge in [-0.15, -0.1) is 0 Å². The molecule has 0 saturated heterocycles. The molecule has 0 radical (unpaired) electrons. The van der Waals surface area contributed by atoms with Gasteiger partial charge in [0.15, 0.2) is 17.5 Å². The third-order valence-corrected chi connectivity index (χ3v) is 8.22. The Balaban J connectivity index is 1.30. The molecule has 0 atom stereocenters. The van der Waals surface area contributed by atoms with E-state index in [9.17, 15) is 22.0 Å². The highest BCUT2D eigenvalue weighted by molar-refractivity contribution is 5.30. The number of ether oxygens (including phenoxy) is 1. The van der Waals surface area contributed by atoms with Crippen molar-refractivity contribution < 1.29 is 26.7 Å². The molecule has 0 bridgehead atoms. The van der Waals surface area contributed by atoms with Crippen molar-refractivity contribution >= 4 is 0 Å². The van der Waals surface area contributed by atoms with Gasteiger partial charge in [-0.05, 0) is 79.9 Å². The summed E-state index contributed by atoms with van der Waals surface area (Å²) < 4.78 is 73.4. The predicted octanol–water partition coefficient (Wildman–Crippen LogP) is 9.50. The number of halogens is 5. The van der Waals surface area contributed by atoms with Crippen molar-refractivity contribution in [2.45, 2.75) is 89.6 Å². The van der Waals surface area contributed by atoms with E-state index in [4.69, 9.17) is 0 Å². The number of hydrogen-bond acceptors (Lipinski definition) is 1. The summed E-state index contributed by atoms with van der Waals surface area (Å²) in [5.74, 6) is -2.74. The lowest BCUT2D eigenvalue weighted by Crippen LogP contribution is -2.25. The van der Waals surface area contributed by atoms with E-state index < -0.39 is 34.9 Å². The van der Waals surface area contributed by atoms with Gasteiger partial charge in [0.1, 0.15) is 5.75 Å². The number of unbranched alkanes of at least 4 members (excludes halogenated alkanes) is 1. The Labute approximate surface area is 205 Å². The van der Waals surface area contributed by atoms with Gasteiger partial charge in [-0.3, -0.25) is 0 Å². The van der Waals surface area contributed by atoms with E-state index in [1.807, 2.05) is 0 Å². The predicted molar refractivity (Wildman–Crippen MR) is 127 cm³/mol. The Morgan fingerprint density at radius 2 is 1.34 bits per heavy atom. The summed E-state index contributed by atoms with van der Waals surface area (Å²) in [6.07, 6.45) is 10.2. The van der Waals surface area contributed by atoms with Gasteiger partial charge in [-0.25, -0.2) is 13.2 Å². The lowest BCUT2D eigenvalue weighted by atomic mass is 9.68. The molecule has 4 rings (SSSR count). The first-order chi connectivity index (χ1) is 16.8. The molecule has 2 aliphatic carbocycles. The Morgan fingerprint density at radius 1 is 0.800 bits per heavy atom. The molecule has 1 nitrogen and oxygen atoms in total. The SMILES string of the molecule is CCCC[C@H]1CC[C@H](C2CCC(c3ccc(C(F)(F)Oc4cc(F)c(F)c(F)c4)cc3)CC2)CC1. The third kappa shape index (κ3) is 6.37. The number of alkyl halides is 2. The minimum Gasteiger partial charge on any atom is -0.429 e. The molecule has 0 spiro atoms. The van der Waals surface area contributed by atoms with Crippen LogP contribution in [0.2, 0.25) is 0 Å². The van der Waals surface area contributed by atoms with Crippen LogP contribution in [0.25, 0.3) is 0 Å². The monoisotopic (exact) mass is 494 g/mol. The molecule has 2 aromatic carbocycles. The Bertz CT molecular complexity index is 935. The van der Waals surface area contributed by atoms with Gasteiger partial charge in [0, 0.05) is 12.1 Å². The van der Waals surface area contributed by atoms with Crippen LogP contribution in [-0.4, -0.2) is 0 Å². The molecule has 0 heterocycles. The summed E-state index contributed by atoms with van der Waals surface area (Å²) in [4.78, 5) is 0. The van der Waals surface area contributed by atoms with Crippen molar-refractivity contribution in [1.29, 1.82) is 0 Å². The van der Waals surface area contributed by atoms with Gasteiger partial charge < -0.3 is 4.74 Å². The van der Waals surface area contributed by atoms with Gasteiger partial charge in [-0.1, -0.05) is 51.2 Å². The normalized spacial score (nSPS) is 25.4. The standard InChI is InChI=1S/C29H35F5O/c1-2-3-4-19-5-7-20(8-6-19)21-9-11-22(12-10-21)23-13-15-24(16-14-23)29(33,34)35-25-17-26(30)28(32)27(31)18-25/h13-22H,2-12H2,1H3/t19-,20-,21?,22?. The van der Waals surface area contributed by atoms with Gasteiger partial charge in [-0.2, -0.15) is 8.78 Å². The molecule has 192 valence electrons. The quantitative estimate of drug-likeness (QED) is 0.262. The van der Waals surface area contributed by atoms with Crippen LogP contribution >= 0.6 is 0 Å². The molecule has 0 amide bonds. The van der Waals surface area contributed by atoms with Gasteiger partial charge in [0.25, 0.3) is 0 Å². The molecule has 35 heavy (non-hydrogen) atoms. The fourth-order valence-corrected chi connectivity index (χ4v) is 6.11. The zero-order chi connectivity index (χ0) is 25.0. The van der Waals surface area contributed by atoms with Crippen molar-refractivity contribution in [2.24, 2.45) is 17.8 Å². The number of hydrogen-bond donors (Lipinski definition) is 0. The van der Waals surface area contributed by atoms with Crippen LogP contribution in [0.3, 0.4) is 0 Å². The molecule has 0 unspecified atom stereocenters. The lowest BCUT2D eigenvalue weighted by Gasteiger charge is -2.38. The van der Waals surface area contributed by atoms with Crippen LogP contribution in [0.4, 0.5) is 22.0 Å². The van der Waals surface area contributed by atoms with Crippen molar-refractivity contribution in [3.05, 3.63) is 65.0 Å². The summed E-state index contributed by atoms with van der Waals surface area (Å²) in [7, 11) is 0. The minimum absolute atomic E-state index is 0.357. The van der Waals surface area contributed by atoms with E-state index >= 15 is 0 Å². The molecular formula is C29H35F5O. The second kappa shape index (κ2) is 11.3. The summed E-state index contributed by atoms with van der Waals surface area (Å²) >= 11 is 0. The molecule has 2 saturated carbocycles. The highest BCUT2D eigenvalue weighted by atomic mass is 19.3. The van der Waals surface area contributed by atoms with E-state index in [1.165, 1.54) is 69.9 Å². The van der Waals surface area contributed by atoms with Crippen LogP contribution in [-0.2, 0) is 6.11 Å². The van der Waals surface area contributed by atoms with Crippen molar-refractivity contribution in [3.8, 4) is 5.75 Å². The molecule has 0 aliphatic heterocycles. The minimum atomic E-state index is -3.80. The smallest absolute Gasteiger partial charge is 0.426 e. The maximum atomic E-state index is 14.6. The Hall–Kier alpha value is -2.11. The summed E-state index contributed by atoms with van der Waals surface area (Å²) in [5.41, 5.74) is 0.616. The van der Waals surface area contributed by atoms with E-state index in [2.05, 4.69) is 11.7 Å². The average molecular weight is 495 g/mol. The fourth-order valence-electron chi connectivity index (χ4n) is 6.11. The van der Waals surface area contributed by atoms with E-state index in [0.717, 1.165) is 36.2 Å². The summed E-state index contributed by atoms with van der Waals surface area (Å²) in [6, 6.07) is 6.82. The van der Waals surface area contributed by atoms with Crippen LogP contribution in [0, 0.1) is 35.2 Å². The summed E-state index contributed by atoms with van der Waals surface area (Å²) in [5, 5.41) is 0. The zero-order valence-corrected chi connectivity index (χ0v) is 20.3. The second-order valence-corrected chi connectivity index (χ2v) is 10.5.